The number of anilines is 1. The van der Waals surface area contributed by atoms with Gasteiger partial charge in [0.1, 0.15) is 11.6 Å². The summed E-state index contributed by atoms with van der Waals surface area (Å²) in [6.45, 7) is 8.28. The highest BCUT2D eigenvalue weighted by Crippen LogP contribution is 2.42. The van der Waals surface area contributed by atoms with Gasteiger partial charge < -0.3 is 4.57 Å². The van der Waals surface area contributed by atoms with Gasteiger partial charge >= 0.3 is 0 Å². The summed E-state index contributed by atoms with van der Waals surface area (Å²) < 4.78 is 2.42. The molecule has 7 nitrogen and oxygen atoms in total. The van der Waals surface area contributed by atoms with Crippen molar-refractivity contribution in [1.82, 2.24) is 25.1 Å². The summed E-state index contributed by atoms with van der Waals surface area (Å²) in [4.78, 5) is 15.2. The number of benzene rings is 1. The molecule has 2 bridgehead atoms. The van der Waals surface area contributed by atoms with E-state index in [1.807, 2.05) is 18.2 Å². The second-order valence-electron chi connectivity index (χ2n) is 10.1. The molecule has 0 radical (unpaired) electrons. The topological polar surface area (TPSA) is 66.3 Å². The minimum absolute atomic E-state index is 0.167. The Labute approximate surface area is 191 Å². The van der Waals surface area contributed by atoms with Crippen LogP contribution in [0.25, 0.3) is 0 Å². The van der Waals surface area contributed by atoms with Crippen LogP contribution in [-0.2, 0) is 4.79 Å². The molecule has 3 aliphatic rings. The van der Waals surface area contributed by atoms with Gasteiger partial charge in [-0.3, -0.25) is 20.1 Å². The lowest BCUT2D eigenvalue weighted by Gasteiger charge is -2.41. The number of nitrogens with zero attached hydrogens (tertiary/aromatic N) is 5. The lowest BCUT2D eigenvalue weighted by Crippen LogP contribution is -2.51. The van der Waals surface area contributed by atoms with Crippen molar-refractivity contribution in [3.05, 3.63) is 42.0 Å². The molecular formula is C25H36N6O. The first kappa shape index (κ1) is 21.4. The summed E-state index contributed by atoms with van der Waals surface area (Å²) in [5, 5.41) is 10.9. The summed E-state index contributed by atoms with van der Waals surface area (Å²) >= 11 is 0. The van der Waals surface area contributed by atoms with E-state index in [-0.39, 0.29) is 11.8 Å². The fraction of sp³-hybridized carbons (Fsp3) is 0.640. The highest BCUT2D eigenvalue weighted by atomic mass is 16.2. The molecule has 0 spiro atoms. The molecule has 1 N–H and O–H groups in total. The quantitative estimate of drug-likeness (QED) is 0.637. The van der Waals surface area contributed by atoms with Crippen LogP contribution in [0, 0.1) is 12.8 Å². The van der Waals surface area contributed by atoms with E-state index in [2.05, 4.69) is 63.0 Å². The van der Waals surface area contributed by atoms with Gasteiger partial charge in [-0.2, -0.15) is 0 Å². The smallest absolute Gasteiger partial charge is 0.241 e. The van der Waals surface area contributed by atoms with E-state index >= 15 is 0 Å². The Morgan fingerprint density at radius 1 is 1.06 bits per heavy atom. The molecule has 1 aliphatic carbocycles. The van der Waals surface area contributed by atoms with Crippen LogP contribution in [0.2, 0.25) is 0 Å². The van der Waals surface area contributed by atoms with E-state index in [9.17, 15) is 4.79 Å². The number of hydrogen-bond acceptors (Lipinski definition) is 5. The number of para-hydroxylation sites is 1. The maximum atomic E-state index is 12.5. The van der Waals surface area contributed by atoms with Crippen LogP contribution < -0.4 is 10.4 Å². The average Bonchev–Trinajstić information content (AvgIpc) is 3.53. The van der Waals surface area contributed by atoms with Crippen molar-refractivity contribution in [3.63, 3.8) is 0 Å². The van der Waals surface area contributed by atoms with E-state index in [0.29, 0.717) is 24.0 Å². The number of hydrogen-bond donors (Lipinski definition) is 1. The third-order valence-electron chi connectivity index (χ3n) is 7.48. The fourth-order valence-corrected chi connectivity index (χ4v) is 5.69. The molecule has 2 unspecified atom stereocenters. The summed E-state index contributed by atoms with van der Waals surface area (Å²) in [5.41, 5.74) is 4.25. The number of carbonyl (C=O) groups excluding carboxylic acids is 1. The van der Waals surface area contributed by atoms with Crippen molar-refractivity contribution in [3.8, 4) is 0 Å². The Morgan fingerprint density at radius 3 is 2.38 bits per heavy atom. The van der Waals surface area contributed by atoms with E-state index in [0.717, 1.165) is 56.1 Å². The third-order valence-corrected chi connectivity index (χ3v) is 7.48. The molecule has 2 aliphatic heterocycles. The van der Waals surface area contributed by atoms with E-state index in [1.54, 1.807) is 0 Å². The normalized spacial score (nSPS) is 25.3. The number of carbonyl (C=O) groups is 1. The van der Waals surface area contributed by atoms with Gasteiger partial charge in [0, 0.05) is 36.5 Å². The number of rotatable bonds is 8. The first-order valence-electron chi connectivity index (χ1n) is 12.3. The molecule has 3 fully saturated rings. The first-order valence-corrected chi connectivity index (χ1v) is 12.3. The van der Waals surface area contributed by atoms with Crippen molar-refractivity contribution in [2.75, 3.05) is 18.1 Å². The molecule has 32 heavy (non-hydrogen) atoms. The number of hydrazine groups is 1. The number of aromatic nitrogens is 3. The van der Waals surface area contributed by atoms with E-state index < -0.39 is 0 Å². The number of nitrogens with one attached hydrogen (secondary N) is 1. The molecule has 172 valence electrons. The average molecular weight is 437 g/mol. The second-order valence-corrected chi connectivity index (χ2v) is 10.1. The molecular weight excluding hydrogens is 400 g/mol. The Balaban J connectivity index is 1.26. The van der Waals surface area contributed by atoms with Gasteiger partial charge in [-0.05, 0) is 57.6 Å². The molecule has 2 atom stereocenters. The highest BCUT2D eigenvalue weighted by molar-refractivity contribution is 5.82. The summed E-state index contributed by atoms with van der Waals surface area (Å²) in [5.74, 6) is 2.93. The summed E-state index contributed by atoms with van der Waals surface area (Å²) in [7, 11) is 0. The molecule has 5 rings (SSSR count). The Kier molecular flexibility index (Phi) is 5.93. The zero-order valence-corrected chi connectivity index (χ0v) is 19.6. The monoisotopic (exact) mass is 436 g/mol. The predicted octanol–water partition coefficient (Wildman–Crippen LogP) is 3.83. The van der Waals surface area contributed by atoms with Crippen molar-refractivity contribution < 1.29 is 4.79 Å². The maximum absolute atomic E-state index is 12.5. The summed E-state index contributed by atoms with van der Waals surface area (Å²) in [6.07, 6.45) is 6.89. The van der Waals surface area contributed by atoms with Gasteiger partial charge in [0.05, 0.1) is 12.2 Å². The van der Waals surface area contributed by atoms with Gasteiger partial charge in [-0.15, -0.1) is 10.2 Å². The van der Waals surface area contributed by atoms with Crippen LogP contribution in [0.15, 0.2) is 30.3 Å². The van der Waals surface area contributed by atoms with Crippen LogP contribution in [0.1, 0.15) is 76.0 Å². The molecule has 2 aromatic rings. The minimum Gasteiger partial charge on any atom is -0.312 e. The molecule has 1 aromatic carbocycles. The zero-order valence-electron chi connectivity index (χ0n) is 19.6. The van der Waals surface area contributed by atoms with Crippen LogP contribution in [-0.4, -0.2) is 50.7 Å². The van der Waals surface area contributed by atoms with Crippen molar-refractivity contribution in [2.24, 2.45) is 5.92 Å². The van der Waals surface area contributed by atoms with Gasteiger partial charge in [0.2, 0.25) is 5.91 Å². The standard InChI is InChI=1S/C25H36N6O/c1-17(2)24-27-26-18(3)31(24)23-15-21-11-12-22(16-23)29(21)13-14-30(20-7-5-4-6-8-20)28-25(32)19-9-10-19/h4-8,17,19,21-23H,9-16H2,1-3H3,(H,28,32). The van der Waals surface area contributed by atoms with Crippen LogP contribution >= 0.6 is 0 Å². The van der Waals surface area contributed by atoms with Gasteiger partial charge in [-0.25, -0.2) is 0 Å². The number of piperidine rings is 1. The second kappa shape index (κ2) is 8.85. The largest absolute Gasteiger partial charge is 0.312 e. The highest BCUT2D eigenvalue weighted by Gasteiger charge is 2.42. The van der Waals surface area contributed by atoms with Gasteiger partial charge in [0.15, 0.2) is 0 Å². The Hall–Kier alpha value is -2.41. The summed E-state index contributed by atoms with van der Waals surface area (Å²) in [6, 6.07) is 11.9. The molecule has 2 saturated heterocycles. The number of amides is 1. The third kappa shape index (κ3) is 4.27. The SMILES string of the molecule is Cc1nnc(C(C)C)n1C1CC2CCC(C1)N2CCN(NC(=O)C1CC1)c1ccccc1. The predicted molar refractivity (Wildman–Crippen MR) is 125 cm³/mol. The van der Waals surface area contributed by atoms with Crippen LogP contribution in [0.5, 0.6) is 0 Å². The number of aryl methyl sites for hydroxylation is 1. The van der Waals surface area contributed by atoms with Crippen LogP contribution in [0.4, 0.5) is 5.69 Å². The van der Waals surface area contributed by atoms with Gasteiger partial charge in [0.25, 0.3) is 0 Å². The van der Waals surface area contributed by atoms with Crippen molar-refractivity contribution >= 4 is 11.6 Å². The Bertz CT molecular complexity index is 923. The first-order chi connectivity index (χ1) is 15.5. The zero-order chi connectivity index (χ0) is 22.2. The van der Waals surface area contributed by atoms with Crippen molar-refractivity contribution in [1.29, 1.82) is 0 Å². The Morgan fingerprint density at radius 2 is 1.75 bits per heavy atom. The fourth-order valence-electron chi connectivity index (χ4n) is 5.69. The lowest BCUT2D eigenvalue weighted by molar-refractivity contribution is -0.122. The molecule has 3 heterocycles. The number of fused-ring (bicyclic) bond motifs is 2. The van der Waals surface area contributed by atoms with E-state index in [1.165, 1.54) is 12.8 Å². The van der Waals surface area contributed by atoms with Crippen LogP contribution in [0.3, 0.4) is 0 Å². The van der Waals surface area contributed by atoms with E-state index in [4.69, 9.17) is 0 Å². The van der Waals surface area contributed by atoms with Gasteiger partial charge in [-0.1, -0.05) is 32.0 Å². The molecule has 1 amide bonds. The molecule has 7 heteroatoms. The maximum Gasteiger partial charge on any atom is 0.241 e. The molecule has 1 aromatic heterocycles. The van der Waals surface area contributed by atoms with Crippen molar-refractivity contribution in [2.45, 2.75) is 83.3 Å². The minimum atomic E-state index is 0.167. The molecule has 1 saturated carbocycles. The lowest BCUT2D eigenvalue weighted by atomic mass is 9.96.